The van der Waals surface area contributed by atoms with Crippen LogP contribution in [-0.2, 0) is 11.2 Å². The summed E-state index contributed by atoms with van der Waals surface area (Å²) in [7, 11) is 1.80. The number of aromatic amines is 1. The van der Waals surface area contributed by atoms with Crippen LogP contribution in [0.1, 0.15) is 40.7 Å². The average molecular weight is 336 g/mol. The summed E-state index contributed by atoms with van der Waals surface area (Å²) in [4.78, 5) is 19.0. The van der Waals surface area contributed by atoms with Gasteiger partial charge in [-0.3, -0.25) is 9.89 Å². The molecule has 0 spiro atoms. The van der Waals surface area contributed by atoms with E-state index in [-0.39, 0.29) is 12.0 Å². The Balaban J connectivity index is 1.77. The molecule has 3 rings (SSSR count). The molecule has 1 atom stereocenters. The first-order valence-electron chi connectivity index (χ1n) is 7.60. The van der Waals surface area contributed by atoms with E-state index in [4.69, 9.17) is 4.74 Å². The smallest absolute Gasteiger partial charge is 0.258 e. The van der Waals surface area contributed by atoms with Gasteiger partial charge in [0.05, 0.1) is 24.4 Å². The number of aromatic nitrogens is 4. The quantitative estimate of drug-likeness (QED) is 0.876. The Morgan fingerprint density at radius 2 is 2.39 bits per heavy atom. The second-order valence-electron chi connectivity index (χ2n) is 5.33. The second kappa shape index (κ2) is 6.63. The largest absolute Gasteiger partial charge is 0.378 e. The molecule has 0 aromatic carbocycles. The lowest BCUT2D eigenvalue weighted by atomic mass is 10.2. The van der Waals surface area contributed by atoms with E-state index in [0.717, 1.165) is 22.9 Å². The Kier molecular flexibility index (Phi) is 4.58. The van der Waals surface area contributed by atoms with Crippen molar-refractivity contribution in [2.75, 3.05) is 32.1 Å². The Morgan fingerprint density at radius 1 is 1.57 bits per heavy atom. The highest BCUT2D eigenvalue weighted by Gasteiger charge is 2.31. The number of nitrogens with one attached hydrogen (secondary N) is 2. The third kappa shape index (κ3) is 3.06. The minimum atomic E-state index is -0.297. The number of H-pyrrole nitrogens is 1. The molecule has 3 heterocycles. The molecule has 0 saturated carbocycles. The van der Waals surface area contributed by atoms with E-state index in [0.29, 0.717) is 31.1 Å². The van der Waals surface area contributed by atoms with E-state index in [1.807, 2.05) is 13.8 Å². The molecule has 1 aliphatic rings. The zero-order valence-electron chi connectivity index (χ0n) is 13.4. The maximum Gasteiger partial charge on any atom is 0.258 e. The molecule has 0 bridgehead atoms. The summed E-state index contributed by atoms with van der Waals surface area (Å²) in [5.41, 5.74) is 1.39. The number of nitrogens with zero attached hydrogens (tertiary/aromatic N) is 4. The van der Waals surface area contributed by atoms with Crippen LogP contribution in [0.2, 0.25) is 0 Å². The van der Waals surface area contributed by atoms with Gasteiger partial charge in [-0.05, 0) is 18.5 Å². The number of amides is 1. The van der Waals surface area contributed by atoms with Gasteiger partial charge < -0.3 is 15.0 Å². The van der Waals surface area contributed by atoms with Crippen molar-refractivity contribution in [2.24, 2.45) is 0 Å². The van der Waals surface area contributed by atoms with E-state index < -0.39 is 0 Å². The molecule has 1 aliphatic heterocycles. The Labute approximate surface area is 138 Å². The first-order chi connectivity index (χ1) is 11.1. The SMILES string of the molecule is CCc1nc(C2CN(C(=O)c3c(C)nsc3NC)CCO2)n[nH]1. The molecule has 23 heavy (non-hydrogen) atoms. The van der Waals surface area contributed by atoms with Crippen molar-refractivity contribution in [1.82, 2.24) is 24.5 Å². The van der Waals surface area contributed by atoms with Crippen LogP contribution in [0.3, 0.4) is 0 Å². The van der Waals surface area contributed by atoms with Crippen molar-refractivity contribution in [3.8, 4) is 0 Å². The van der Waals surface area contributed by atoms with Gasteiger partial charge in [0, 0.05) is 20.0 Å². The molecule has 9 heteroatoms. The summed E-state index contributed by atoms with van der Waals surface area (Å²) >= 11 is 1.30. The minimum absolute atomic E-state index is 0.0276. The van der Waals surface area contributed by atoms with Gasteiger partial charge in [0.1, 0.15) is 16.9 Å². The first kappa shape index (κ1) is 15.9. The molecule has 1 unspecified atom stereocenters. The monoisotopic (exact) mass is 336 g/mol. The molecule has 2 aromatic rings. The first-order valence-corrected chi connectivity index (χ1v) is 8.37. The molecule has 124 valence electrons. The minimum Gasteiger partial charge on any atom is -0.378 e. The number of morpholine rings is 1. The van der Waals surface area contributed by atoms with Crippen LogP contribution in [0.5, 0.6) is 0 Å². The van der Waals surface area contributed by atoms with Gasteiger partial charge in [-0.1, -0.05) is 6.92 Å². The Hall–Kier alpha value is -2.00. The third-order valence-corrected chi connectivity index (χ3v) is 4.79. The average Bonchev–Trinajstić information content (AvgIpc) is 3.20. The van der Waals surface area contributed by atoms with Crippen molar-refractivity contribution >= 4 is 22.4 Å². The normalized spacial score (nSPS) is 18.2. The highest BCUT2D eigenvalue weighted by molar-refractivity contribution is 7.10. The van der Waals surface area contributed by atoms with E-state index in [1.165, 1.54) is 11.5 Å². The zero-order valence-corrected chi connectivity index (χ0v) is 14.2. The van der Waals surface area contributed by atoms with Gasteiger partial charge in [0.15, 0.2) is 5.82 Å². The number of rotatable bonds is 4. The predicted octanol–water partition coefficient (Wildman–Crippen LogP) is 1.39. The number of anilines is 1. The number of carbonyl (C=O) groups excluding carboxylic acids is 1. The van der Waals surface area contributed by atoms with Crippen molar-refractivity contribution in [2.45, 2.75) is 26.4 Å². The van der Waals surface area contributed by atoms with Crippen LogP contribution < -0.4 is 5.32 Å². The molecule has 1 fully saturated rings. The standard InChI is InChI=1S/C14H20N6O2S/c1-4-10-16-12(18-17-10)9-7-20(5-6-22-9)14(21)11-8(2)19-23-13(11)15-3/h9,15H,4-7H2,1-3H3,(H,16,17,18). The number of ether oxygens (including phenoxy) is 1. The fourth-order valence-electron chi connectivity index (χ4n) is 2.55. The lowest BCUT2D eigenvalue weighted by molar-refractivity contribution is -0.0266. The molecule has 1 saturated heterocycles. The van der Waals surface area contributed by atoms with Crippen LogP contribution in [-0.4, -0.2) is 57.1 Å². The Bertz CT molecular complexity index is 697. The van der Waals surface area contributed by atoms with Crippen molar-refractivity contribution in [3.63, 3.8) is 0 Å². The zero-order chi connectivity index (χ0) is 16.4. The van der Waals surface area contributed by atoms with Crippen molar-refractivity contribution in [1.29, 1.82) is 0 Å². The lowest BCUT2D eigenvalue weighted by Gasteiger charge is -2.31. The summed E-state index contributed by atoms with van der Waals surface area (Å²) < 4.78 is 10.0. The molecule has 0 aliphatic carbocycles. The summed E-state index contributed by atoms with van der Waals surface area (Å²) in [6, 6.07) is 0. The highest BCUT2D eigenvalue weighted by Crippen LogP contribution is 2.27. The third-order valence-electron chi connectivity index (χ3n) is 3.83. The van der Waals surface area contributed by atoms with E-state index >= 15 is 0 Å². The maximum absolute atomic E-state index is 12.8. The van der Waals surface area contributed by atoms with Gasteiger partial charge in [-0.2, -0.15) is 9.47 Å². The van der Waals surface area contributed by atoms with E-state index in [1.54, 1.807) is 11.9 Å². The van der Waals surface area contributed by atoms with Crippen molar-refractivity contribution in [3.05, 3.63) is 22.9 Å². The second-order valence-corrected chi connectivity index (χ2v) is 6.10. The number of aryl methyl sites for hydroxylation is 2. The lowest BCUT2D eigenvalue weighted by Crippen LogP contribution is -2.42. The summed E-state index contributed by atoms with van der Waals surface area (Å²) in [5.74, 6) is 1.40. The van der Waals surface area contributed by atoms with Crippen molar-refractivity contribution < 1.29 is 9.53 Å². The summed E-state index contributed by atoms with van der Waals surface area (Å²) in [6.45, 7) is 5.33. The molecular weight excluding hydrogens is 316 g/mol. The van der Waals surface area contributed by atoms with E-state index in [2.05, 4.69) is 24.9 Å². The highest BCUT2D eigenvalue weighted by atomic mass is 32.1. The van der Waals surface area contributed by atoms with E-state index in [9.17, 15) is 4.79 Å². The molecule has 2 aromatic heterocycles. The Morgan fingerprint density at radius 3 is 3.09 bits per heavy atom. The summed E-state index contributed by atoms with van der Waals surface area (Å²) in [5, 5.41) is 10.9. The van der Waals surface area contributed by atoms with Gasteiger partial charge in [-0.15, -0.1) is 0 Å². The molecule has 2 N–H and O–H groups in total. The topological polar surface area (TPSA) is 96.0 Å². The van der Waals surface area contributed by atoms with Gasteiger partial charge in [-0.25, -0.2) is 4.98 Å². The van der Waals surface area contributed by atoms with Crippen LogP contribution in [0.15, 0.2) is 0 Å². The molecular formula is C14H20N6O2S. The van der Waals surface area contributed by atoms with Gasteiger partial charge in [0.2, 0.25) is 0 Å². The van der Waals surface area contributed by atoms with Crippen LogP contribution >= 0.6 is 11.5 Å². The van der Waals surface area contributed by atoms with Gasteiger partial charge >= 0.3 is 0 Å². The maximum atomic E-state index is 12.8. The number of hydrogen-bond acceptors (Lipinski definition) is 7. The molecule has 0 radical (unpaired) electrons. The fraction of sp³-hybridized carbons (Fsp3) is 0.571. The number of carbonyl (C=O) groups is 1. The van der Waals surface area contributed by atoms with Gasteiger partial charge in [0.25, 0.3) is 5.91 Å². The predicted molar refractivity (Wildman–Crippen MR) is 86.8 cm³/mol. The number of hydrogen-bond donors (Lipinski definition) is 2. The molecule has 8 nitrogen and oxygen atoms in total. The summed E-state index contributed by atoms with van der Waals surface area (Å²) in [6.07, 6.45) is 0.488. The molecule has 1 amide bonds. The van der Waals surface area contributed by atoms with Crippen LogP contribution in [0.25, 0.3) is 0 Å². The van der Waals surface area contributed by atoms with Crippen LogP contribution in [0.4, 0.5) is 5.00 Å². The van der Waals surface area contributed by atoms with Crippen LogP contribution in [0, 0.1) is 6.92 Å². The fourth-order valence-corrected chi connectivity index (χ4v) is 3.29.